The summed E-state index contributed by atoms with van der Waals surface area (Å²) in [7, 11) is -2.21. The molecular weight excluding hydrogens is 382 g/mol. The fraction of sp³-hybridized carbons (Fsp3) is 0.950. The summed E-state index contributed by atoms with van der Waals surface area (Å²) in [6.07, 6.45) is 9.93. The van der Waals surface area contributed by atoms with Crippen molar-refractivity contribution in [1.29, 1.82) is 0 Å². The highest BCUT2D eigenvalue weighted by Crippen LogP contribution is 2.14. The molecule has 7 nitrogen and oxygen atoms in total. The van der Waals surface area contributed by atoms with Crippen LogP contribution in [0.1, 0.15) is 71.1 Å². The molecule has 0 amide bonds. The minimum atomic E-state index is -4.21. The van der Waals surface area contributed by atoms with E-state index in [1.165, 1.54) is 38.5 Å². The van der Waals surface area contributed by atoms with Gasteiger partial charge in [-0.1, -0.05) is 58.3 Å². The average Bonchev–Trinajstić information content (AvgIpc) is 2.59. The normalized spacial score (nSPS) is 18.0. The average molecular weight is 423 g/mol. The number of quaternary nitrogens is 1. The van der Waals surface area contributed by atoms with Crippen molar-refractivity contribution in [2.45, 2.75) is 77.2 Å². The Morgan fingerprint density at radius 2 is 1.57 bits per heavy atom. The molecule has 1 heterocycles. The number of hydrogen-bond acceptors (Lipinski definition) is 5. The maximum absolute atomic E-state index is 12.2. The van der Waals surface area contributed by atoms with E-state index in [0.29, 0.717) is 30.7 Å². The first-order valence-electron chi connectivity index (χ1n) is 10.8. The van der Waals surface area contributed by atoms with Crippen LogP contribution in [0.5, 0.6) is 0 Å². The zero-order chi connectivity index (χ0) is 20.9. The molecule has 1 N–H and O–H groups in total. The number of hydrogen-bond donors (Lipinski definition) is 1. The van der Waals surface area contributed by atoms with Crippen LogP contribution in [0.25, 0.3) is 0 Å². The lowest BCUT2D eigenvalue weighted by atomic mass is 10.1. The van der Waals surface area contributed by atoms with Crippen LogP contribution >= 0.6 is 0 Å². The van der Waals surface area contributed by atoms with Gasteiger partial charge in [0.25, 0.3) is 10.1 Å². The molecule has 0 saturated carbocycles. The molecule has 0 radical (unpaired) electrons. The van der Waals surface area contributed by atoms with Gasteiger partial charge in [-0.3, -0.25) is 9.35 Å². The van der Waals surface area contributed by atoms with E-state index in [1.54, 1.807) is 0 Å². The van der Waals surface area contributed by atoms with Crippen molar-refractivity contribution in [2.75, 3.05) is 45.6 Å². The van der Waals surface area contributed by atoms with Crippen molar-refractivity contribution >= 4 is 16.1 Å². The standard InChI is InChI=1S/C20H39NO6S/c1-3-4-5-6-7-8-9-10-11-12-20(22)27-19(18-28(23,24)25)17-21(2)13-15-26-16-14-21/h19H,3-18H2,1-2H3/p+1. The molecule has 0 aromatic heterocycles. The third-order valence-electron chi connectivity index (χ3n) is 5.37. The van der Waals surface area contributed by atoms with Gasteiger partial charge in [0.1, 0.15) is 25.4 Å². The van der Waals surface area contributed by atoms with Crippen molar-refractivity contribution in [3.05, 3.63) is 0 Å². The smallest absolute Gasteiger partial charge is 0.306 e. The van der Waals surface area contributed by atoms with Crippen LogP contribution in [-0.2, 0) is 24.4 Å². The van der Waals surface area contributed by atoms with Crippen LogP contribution in [0.3, 0.4) is 0 Å². The summed E-state index contributed by atoms with van der Waals surface area (Å²) < 4.78 is 43.2. The predicted octanol–water partition coefficient (Wildman–Crippen LogP) is 3.18. The van der Waals surface area contributed by atoms with Crippen LogP contribution in [0.4, 0.5) is 0 Å². The Hall–Kier alpha value is -0.700. The van der Waals surface area contributed by atoms with Crippen LogP contribution in [0.2, 0.25) is 0 Å². The monoisotopic (exact) mass is 422 g/mol. The molecule has 28 heavy (non-hydrogen) atoms. The summed E-state index contributed by atoms with van der Waals surface area (Å²) >= 11 is 0. The first-order chi connectivity index (χ1) is 13.2. The highest BCUT2D eigenvalue weighted by molar-refractivity contribution is 7.85. The molecule has 0 aliphatic carbocycles. The largest absolute Gasteiger partial charge is 0.455 e. The Labute approximate surface area is 171 Å². The molecule has 1 fully saturated rings. The molecule has 0 aromatic rings. The first-order valence-corrected chi connectivity index (χ1v) is 12.4. The van der Waals surface area contributed by atoms with Gasteiger partial charge in [0.2, 0.25) is 0 Å². The van der Waals surface area contributed by atoms with Crippen LogP contribution < -0.4 is 0 Å². The van der Waals surface area contributed by atoms with Gasteiger partial charge in [-0.05, 0) is 6.42 Å². The van der Waals surface area contributed by atoms with Crippen molar-refractivity contribution in [3.63, 3.8) is 0 Å². The van der Waals surface area contributed by atoms with Crippen molar-refractivity contribution in [3.8, 4) is 0 Å². The topological polar surface area (TPSA) is 89.9 Å². The van der Waals surface area contributed by atoms with Crippen molar-refractivity contribution in [1.82, 2.24) is 0 Å². The maximum Gasteiger partial charge on any atom is 0.306 e. The highest BCUT2D eigenvalue weighted by atomic mass is 32.2. The van der Waals surface area contributed by atoms with Gasteiger partial charge in [-0.15, -0.1) is 0 Å². The summed E-state index contributed by atoms with van der Waals surface area (Å²) in [5.74, 6) is -0.929. The second-order valence-corrected chi connectivity index (χ2v) is 9.80. The number of carbonyl (C=O) groups is 1. The van der Waals surface area contributed by atoms with Crippen LogP contribution in [0.15, 0.2) is 0 Å². The van der Waals surface area contributed by atoms with Gasteiger partial charge in [-0.25, -0.2) is 0 Å². The molecule has 1 rings (SSSR count). The number of unbranched alkanes of at least 4 members (excludes halogenated alkanes) is 8. The summed E-state index contributed by atoms with van der Waals surface area (Å²) in [5.41, 5.74) is 0. The van der Waals surface area contributed by atoms with E-state index in [2.05, 4.69) is 6.92 Å². The van der Waals surface area contributed by atoms with Gasteiger partial charge in [0.15, 0.2) is 6.10 Å². The Morgan fingerprint density at radius 3 is 2.11 bits per heavy atom. The zero-order valence-corrected chi connectivity index (χ0v) is 18.6. The predicted molar refractivity (Wildman–Crippen MR) is 110 cm³/mol. The van der Waals surface area contributed by atoms with E-state index in [4.69, 9.17) is 9.47 Å². The quantitative estimate of drug-likeness (QED) is 0.189. The second-order valence-electron chi connectivity index (χ2n) is 8.30. The minimum Gasteiger partial charge on any atom is -0.455 e. The number of carbonyl (C=O) groups excluding carboxylic acids is 1. The number of likely N-dealkylation sites (N-methyl/N-ethyl adjacent to an activating group) is 1. The molecule has 1 atom stereocenters. The molecule has 166 valence electrons. The van der Waals surface area contributed by atoms with E-state index in [0.717, 1.165) is 32.4 Å². The Morgan fingerprint density at radius 1 is 1.04 bits per heavy atom. The summed E-state index contributed by atoms with van der Waals surface area (Å²) in [4.78, 5) is 12.2. The first kappa shape index (κ1) is 25.3. The fourth-order valence-electron chi connectivity index (χ4n) is 3.64. The summed E-state index contributed by atoms with van der Waals surface area (Å²) in [6, 6.07) is 0. The third-order valence-corrected chi connectivity index (χ3v) is 6.17. The van der Waals surface area contributed by atoms with Crippen LogP contribution in [0, 0.1) is 0 Å². The van der Waals surface area contributed by atoms with Gasteiger partial charge in [-0.2, -0.15) is 8.42 Å². The Bertz CT molecular complexity index is 531. The number of rotatable bonds is 15. The maximum atomic E-state index is 12.2. The Kier molecular flexibility index (Phi) is 12.2. The second kappa shape index (κ2) is 13.5. The van der Waals surface area contributed by atoms with E-state index >= 15 is 0 Å². The molecule has 1 unspecified atom stereocenters. The highest BCUT2D eigenvalue weighted by Gasteiger charge is 2.33. The van der Waals surface area contributed by atoms with Crippen LogP contribution in [-0.4, -0.2) is 75.2 Å². The summed E-state index contributed by atoms with van der Waals surface area (Å²) in [5, 5.41) is 0. The molecule has 0 aromatic carbocycles. The van der Waals surface area contributed by atoms with Gasteiger partial charge >= 0.3 is 5.97 Å². The van der Waals surface area contributed by atoms with E-state index < -0.39 is 22.0 Å². The molecule has 1 aliphatic rings. The van der Waals surface area contributed by atoms with Gasteiger partial charge in [0, 0.05) is 6.42 Å². The molecule has 1 saturated heterocycles. The molecule has 8 heteroatoms. The SMILES string of the molecule is CCCCCCCCCCCC(=O)OC(C[N+]1(C)CCOCC1)CS(=O)(=O)O. The summed E-state index contributed by atoms with van der Waals surface area (Å²) in [6.45, 7) is 5.24. The van der Waals surface area contributed by atoms with E-state index in [-0.39, 0.29) is 5.97 Å². The lowest BCUT2D eigenvalue weighted by molar-refractivity contribution is -0.919. The van der Waals surface area contributed by atoms with E-state index in [9.17, 15) is 17.8 Å². The fourth-order valence-corrected chi connectivity index (χ4v) is 4.28. The molecule has 0 spiro atoms. The lowest BCUT2D eigenvalue weighted by Crippen LogP contribution is -2.56. The van der Waals surface area contributed by atoms with Gasteiger partial charge < -0.3 is 14.0 Å². The number of ether oxygens (including phenoxy) is 2. The third kappa shape index (κ3) is 12.7. The van der Waals surface area contributed by atoms with Crippen molar-refractivity contribution < 1.29 is 31.7 Å². The molecule has 1 aliphatic heterocycles. The van der Waals surface area contributed by atoms with Crippen molar-refractivity contribution in [2.24, 2.45) is 0 Å². The minimum absolute atomic E-state index is 0.296. The Balaban J connectivity index is 2.30. The number of esters is 1. The zero-order valence-electron chi connectivity index (χ0n) is 17.7. The number of nitrogens with zero attached hydrogens (tertiary/aromatic N) is 1. The van der Waals surface area contributed by atoms with Gasteiger partial charge in [0.05, 0.1) is 20.3 Å². The molecular formula is C20H40NO6S+. The molecule has 0 bridgehead atoms. The van der Waals surface area contributed by atoms with E-state index in [1.807, 2.05) is 7.05 Å². The number of morpholine rings is 1. The lowest BCUT2D eigenvalue weighted by Gasteiger charge is -2.39.